The molecular formula is C27H31N3O4. The van der Waals surface area contributed by atoms with Crippen LogP contribution in [0.15, 0.2) is 42.5 Å². The Morgan fingerprint density at radius 3 is 1.53 bits per heavy atom. The summed E-state index contributed by atoms with van der Waals surface area (Å²) in [6.07, 6.45) is 8.85. The second kappa shape index (κ2) is 12.3. The van der Waals surface area contributed by atoms with Gasteiger partial charge in [0.15, 0.2) is 23.0 Å². The summed E-state index contributed by atoms with van der Waals surface area (Å²) in [6, 6.07) is 13.5. The summed E-state index contributed by atoms with van der Waals surface area (Å²) in [5, 5.41) is 3.28. The molecule has 0 aliphatic heterocycles. The molecule has 0 saturated carbocycles. The van der Waals surface area contributed by atoms with E-state index in [0.717, 1.165) is 35.5 Å². The molecule has 0 saturated heterocycles. The van der Waals surface area contributed by atoms with Crippen molar-refractivity contribution in [3.8, 4) is 23.0 Å². The second-order valence-corrected chi connectivity index (χ2v) is 7.36. The van der Waals surface area contributed by atoms with E-state index in [0.29, 0.717) is 28.9 Å². The van der Waals surface area contributed by atoms with Crippen LogP contribution < -0.4 is 24.3 Å². The second-order valence-electron chi connectivity index (χ2n) is 7.36. The number of hydrogen-bond acceptors (Lipinski definition) is 7. The van der Waals surface area contributed by atoms with E-state index < -0.39 is 0 Å². The average molecular weight is 462 g/mol. The fourth-order valence-electron chi connectivity index (χ4n) is 3.25. The summed E-state index contributed by atoms with van der Waals surface area (Å²) in [5.74, 6) is 3.32. The Labute approximate surface area is 201 Å². The van der Waals surface area contributed by atoms with Crippen LogP contribution in [0.2, 0.25) is 0 Å². The van der Waals surface area contributed by atoms with Crippen LogP contribution in [-0.2, 0) is 0 Å². The van der Waals surface area contributed by atoms with Crippen LogP contribution in [0.1, 0.15) is 35.9 Å². The van der Waals surface area contributed by atoms with Gasteiger partial charge in [-0.05, 0) is 60.0 Å². The highest BCUT2D eigenvalue weighted by Crippen LogP contribution is 2.29. The van der Waals surface area contributed by atoms with Crippen molar-refractivity contribution in [3.05, 3.63) is 65.0 Å². The third-order valence-corrected chi connectivity index (χ3v) is 5.01. The fourth-order valence-corrected chi connectivity index (χ4v) is 3.25. The third-order valence-electron chi connectivity index (χ3n) is 5.01. The van der Waals surface area contributed by atoms with Gasteiger partial charge in [-0.3, -0.25) is 0 Å². The third kappa shape index (κ3) is 6.51. The van der Waals surface area contributed by atoms with Crippen molar-refractivity contribution >= 4 is 30.3 Å². The first-order valence-electron chi connectivity index (χ1n) is 11.0. The van der Waals surface area contributed by atoms with E-state index in [1.807, 2.05) is 66.8 Å². The van der Waals surface area contributed by atoms with Crippen LogP contribution in [0, 0.1) is 0 Å². The van der Waals surface area contributed by atoms with E-state index in [9.17, 15) is 0 Å². The lowest BCUT2D eigenvalue weighted by molar-refractivity contribution is 0.355. The highest BCUT2D eigenvalue weighted by molar-refractivity contribution is 5.73. The van der Waals surface area contributed by atoms with Crippen molar-refractivity contribution in [1.82, 2.24) is 9.97 Å². The van der Waals surface area contributed by atoms with Gasteiger partial charge in [-0.15, -0.1) is 0 Å². The van der Waals surface area contributed by atoms with Gasteiger partial charge >= 0.3 is 0 Å². The Bertz CT molecular complexity index is 1070. The number of hydrogen-bond donors (Lipinski definition) is 1. The minimum absolute atomic E-state index is 0.586. The Balaban J connectivity index is 1.89. The Morgan fingerprint density at radius 2 is 1.12 bits per heavy atom. The zero-order valence-corrected chi connectivity index (χ0v) is 20.3. The van der Waals surface area contributed by atoms with Crippen molar-refractivity contribution in [2.75, 3.05) is 40.3 Å². The largest absolute Gasteiger partial charge is 0.493 e. The Kier molecular flexibility index (Phi) is 8.91. The number of nitrogens with zero attached hydrogens (tertiary/aromatic N) is 2. The lowest BCUT2D eigenvalue weighted by atomic mass is 10.1. The van der Waals surface area contributed by atoms with Gasteiger partial charge in [0.05, 0.1) is 39.8 Å². The molecule has 178 valence electrons. The predicted molar refractivity (Wildman–Crippen MR) is 138 cm³/mol. The maximum Gasteiger partial charge on any atom is 0.223 e. The van der Waals surface area contributed by atoms with Gasteiger partial charge in [0.25, 0.3) is 0 Å². The van der Waals surface area contributed by atoms with Gasteiger partial charge in [-0.25, -0.2) is 9.97 Å². The number of benzene rings is 2. The average Bonchev–Trinajstić information content (AvgIpc) is 2.89. The lowest BCUT2D eigenvalue weighted by Crippen LogP contribution is -2.05. The summed E-state index contributed by atoms with van der Waals surface area (Å²) in [4.78, 5) is 9.26. The molecule has 0 atom stereocenters. The molecule has 0 unspecified atom stereocenters. The Hall–Kier alpha value is -4.00. The summed E-state index contributed by atoms with van der Waals surface area (Å²) in [5.41, 5.74) is 3.52. The number of anilines is 1. The molecule has 7 nitrogen and oxygen atoms in total. The summed E-state index contributed by atoms with van der Waals surface area (Å²) < 4.78 is 21.4. The molecule has 0 fully saturated rings. The molecule has 2 aromatic carbocycles. The minimum Gasteiger partial charge on any atom is -0.493 e. The molecule has 0 spiro atoms. The first-order chi connectivity index (χ1) is 16.6. The smallest absolute Gasteiger partial charge is 0.223 e. The molecule has 1 aromatic heterocycles. The molecule has 34 heavy (non-hydrogen) atoms. The maximum absolute atomic E-state index is 5.40. The predicted octanol–water partition coefficient (Wildman–Crippen LogP) is 5.67. The molecule has 7 heteroatoms. The quantitative estimate of drug-likeness (QED) is 0.394. The molecular weight excluding hydrogens is 430 g/mol. The zero-order valence-electron chi connectivity index (χ0n) is 20.3. The summed E-state index contributed by atoms with van der Waals surface area (Å²) in [6.45, 7) is 2.90. The highest BCUT2D eigenvalue weighted by atomic mass is 16.5. The first-order valence-corrected chi connectivity index (χ1v) is 11.0. The van der Waals surface area contributed by atoms with E-state index >= 15 is 0 Å². The maximum atomic E-state index is 5.40. The molecule has 1 N–H and O–H groups in total. The summed E-state index contributed by atoms with van der Waals surface area (Å²) in [7, 11) is 6.49. The van der Waals surface area contributed by atoms with E-state index in [2.05, 4.69) is 22.2 Å². The lowest BCUT2D eigenvalue weighted by Gasteiger charge is -2.08. The van der Waals surface area contributed by atoms with E-state index in [1.54, 1.807) is 28.4 Å². The minimum atomic E-state index is 0.586. The number of aromatic nitrogens is 2. The summed E-state index contributed by atoms with van der Waals surface area (Å²) >= 11 is 0. The van der Waals surface area contributed by atoms with Gasteiger partial charge in [-0.2, -0.15) is 0 Å². The van der Waals surface area contributed by atoms with E-state index in [4.69, 9.17) is 18.9 Å². The molecule has 0 amide bonds. The molecule has 0 radical (unpaired) electrons. The van der Waals surface area contributed by atoms with Gasteiger partial charge in [0.2, 0.25) is 5.95 Å². The van der Waals surface area contributed by atoms with Crippen molar-refractivity contribution < 1.29 is 18.9 Å². The number of rotatable bonds is 11. The number of ether oxygens (including phenoxy) is 4. The van der Waals surface area contributed by atoms with Gasteiger partial charge in [0.1, 0.15) is 0 Å². The highest BCUT2D eigenvalue weighted by Gasteiger charge is 2.05. The van der Waals surface area contributed by atoms with Crippen LogP contribution in [0.25, 0.3) is 24.3 Å². The van der Waals surface area contributed by atoms with Crippen LogP contribution in [0.5, 0.6) is 23.0 Å². The standard InChI is InChI=1S/C27H31N3O4/c1-6-15-28-27-29-21(11-7-19-9-13-23(31-2)25(16-19)33-4)18-22(30-27)12-8-20-10-14-24(32-3)26(17-20)34-5/h7-14,16-18H,6,15H2,1-5H3,(H,28,29,30). The van der Waals surface area contributed by atoms with Gasteiger partial charge < -0.3 is 24.3 Å². The molecule has 0 aliphatic carbocycles. The van der Waals surface area contributed by atoms with E-state index in [-0.39, 0.29) is 0 Å². The topological polar surface area (TPSA) is 74.7 Å². The molecule has 0 bridgehead atoms. The van der Waals surface area contributed by atoms with Crippen molar-refractivity contribution in [2.24, 2.45) is 0 Å². The van der Waals surface area contributed by atoms with Crippen molar-refractivity contribution in [3.63, 3.8) is 0 Å². The number of nitrogens with one attached hydrogen (secondary N) is 1. The molecule has 3 rings (SSSR count). The Morgan fingerprint density at radius 1 is 0.647 bits per heavy atom. The van der Waals surface area contributed by atoms with Crippen LogP contribution in [0.4, 0.5) is 5.95 Å². The fraction of sp³-hybridized carbons (Fsp3) is 0.259. The number of methoxy groups -OCH3 is 4. The van der Waals surface area contributed by atoms with E-state index in [1.165, 1.54) is 0 Å². The first kappa shape index (κ1) is 24.6. The zero-order chi connectivity index (χ0) is 24.3. The van der Waals surface area contributed by atoms with Crippen molar-refractivity contribution in [2.45, 2.75) is 13.3 Å². The molecule has 0 aliphatic rings. The SMILES string of the molecule is CCCNc1nc(C=Cc2ccc(OC)c(OC)c2)cc(C=Cc2ccc(OC)c(OC)c2)n1. The van der Waals surface area contributed by atoms with Crippen LogP contribution in [-0.4, -0.2) is 45.0 Å². The molecule has 3 aromatic rings. The van der Waals surface area contributed by atoms with Gasteiger partial charge in [0, 0.05) is 6.54 Å². The van der Waals surface area contributed by atoms with Crippen LogP contribution >= 0.6 is 0 Å². The van der Waals surface area contributed by atoms with Crippen molar-refractivity contribution in [1.29, 1.82) is 0 Å². The normalized spacial score (nSPS) is 11.1. The molecule has 1 heterocycles. The van der Waals surface area contributed by atoms with Crippen LogP contribution in [0.3, 0.4) is 0 Å². The van der Waals surface area contributed by atoms with Gasteiger partial charge in [-0.1, -0.05) is 31.2 Å². The monoisotopic (exact) mass is 461 g/mol.